The molecule has 26 heavy (non-hydrogen) atoms. The van der Waals surface area contributed by atoms with Crippen molar-refractivity contribution in [3.63, 3.8) is 0 Å². The minimum absolute atomic E-state index is 0.00125. The molecule has 0 aliphatic heterocycles. The van der Waals surface area contributed by atoms with Crippen molar-refractivity contribution in [2.75, 3.05) is 19.8 Å². The molecule has 0 radical (unpaired) electrons. The van der Waals surface area contributed by atoms with Gasteiger partial charge in [-0.25, -0.2) is 0 Å². The lowest BCUT2D eigenvalue weighted by molar-refractivity contribution is 0.0597. The van der Waals surface area contributed by atoms with Gasteiger partial charge in [-0.1, -0.05) is 13.8 Å². The third-order valence-corrected chi connectivity index (χ3v) is 4.52. The van der Waals surface area contributed by atoms with Gasteiger partial charge in [0.25, 0.3) is 5.91 Å². The Morgan fingerprint density at radius 2 is 1.27 bits per heavy atom. The molecule has 1 aromatic rings. The maximum atomic E-state index is 13.3. The van der Waals surface area contributed by atoms with Gasteiger partial charge in [0.05, 0.1) is 19.8 Å². The van der Waals surface area contributed by atoms with E-state index in [2.05, 4.69) is 27.7 Å². The number of amides is 1. The van der Waals surface area contributed by atoms with Crippen LogP contribution >= 0.6 is 0 Å². The summed E-state index contributed by atoms with van der Waals surface area (Å²) < 4.78 is 17.2. The van der Waals surface area contributed by atoms with E-state index in [0.29, 0.717) is 42.6 Å². The molecular weight excluding hydrogens is 330 g/mol. The van der Waals surface area contributed by atoms with Crippen molar-refractivity contribution in [2.24, 2.45) is 0 Å². The van der Waals surface area contributed by atoms with Crippen LogP contribution < -0.4 is 14.2 Å². The zero-order valence-electron chi connectivity index (χ0n) is 17.4. The molecule has 0 bridgehead atoms. The van der Waals surface area contributed by atoms with E-state index < -0.39 is 0 Å². The zero-order valence-corrected chi connectivity index (χ0v) is 17.4. The molecule has 0 aromatic heterocycles. The molecule has 1 aromatic carbocycles. The molecule has 0 N–H and O–H groups in total. The predicted molar refractivity (Wildman–Crippen MR) is 106 cm³/mol. The second-order valence-electron chi connectivity index (χ2n) is 6.33. The quantitative estimate of drug-likeness (QED) is 0.558. The zero-order chi connectivity index (χ0) is 19.7. The van der Waals surface area contributed by atoms with Crippen LogP contribution in [0.3, 0.4) is 0 Å². The number of carbonyl (C=O) groups excluding carboxylic acids is 1. The Labute approximate surface area is 158 Å². The molecule has 1 amide bonds. The monoisotopic (exact) mass is 365 g/mol. The summed E-state index contributed by atoms with van der Waals surface area (Å²) in [7, 11) is 0. The third-order valence-electron chi connectivity index (χ3n) is 4.52. The lowest BCUT2D eigenvalue weighted by Crippen LogP contribution is -2.44. The van der Waals surface area contributed by atoms with Crippen LogP contribution in [0.25, 0.3) is 0 Å². The summed E-state index contributed by atoms with van der Waals surface area (Å²) in [5, 5.41) is 0. The Kier molecular flexibility index (Phi) is 9.31. The summed E-state index contributed by atoms with van der Waals surface area (Å²) in [6.45, 7) is 15.6. The highest BCUT2D eigenvalue weighted by Crippen LogP contribution is 2.39. The van der Waals surface area contributed by atoms with Crippen molar-refractivity contribution < 1.29 is 19.0 Å². The number of nitrogens with zero attached hydrogens (tertiary/aromatic N) is 1. The largest absolute Gasteiger partial charge is 0.490 e. The van der Waals surface area contributed by atoms with Gasteiger partial charge in [0.2, 0.25) is 5.75 Å². The van der Waals surface area contributed by atoms with Gasteiger partial charge in [-0.05, 0) is 59.6 Å². The van der Waals surface area contributed by atoms with E-state index in [-0.39, 0.29) is 18.0 Å². The molecule has 1 rings (SSSR count). The number of carbonyl (C=O) groups is 1. The van der Waals surface area contributed by atoms with Crippen molar-refractivity contribution >= 4 is 5.91 Å². The molecule has 0 spiro atoms. The summed E-state index contributed by atoms with van der Waals surface area (Å²) in [5.41, 5.74) is 0.570. The van der Waals surface area contributed by atoms with Crippen LogP contribution in [-0.4, -0.2) is 42.7 Å². The smallest absolute Gasteiger partial charge is 0.254 e. The van der Waals surface area contributed by atoms with Crippen LogP contribution in [0.5, 0.6) is 17.2 Å². The number of benzene rings is 1. The van der Waals surface area contributed by atoms with Gasteiger partial charge >= 0.3 is 0 Å². The first-order valence-electron chi connectivity index (χ1n) is 9.83. The highest BCUT2D eigenvalue weighted by molar-refractivity contribution is 5.96. The predicted octanol–water partition coefficient (Wildman–Crippen LogP) is 4.92. The van der Waals surface area contributed by atoms with Crippen LogP contribution in [0, 0.1) is 0 Å². The summed E-state index contributed by atoms with van der Waals surface area (Å²) in [6, 6.07) is 3.87. The number of hydrogen-bond acceptors (Lipinski definition) is 4. The molecule has 0 saturated heterocycles. The minimum atomic E-state index is -0.00125. The fraction of sp³-hybridized carbons (Fsp3) is 0.667. The fourth-order valence-electron chi connectivity index (χ4n) is 2.89. The summed E-state index contributed by atoms with van der Waals surface area (Å²) in [4.78, 5) is 15.3. The molecule has 5 nitrogen and oxygen atoms in total. The summed E-state index contributed by atoms with van der Waals surface area (Å²) in [6.07, 6.45) is 1.81. The van der Waals surface area contributed by atoms with Gasteiger partial charge in [-0.2, -0.15) is 0 Å². The lowest BCUT2D eigenvalue weighted by Gasteiger charge is -2.34. The van der Waals surface area contributed by atoms with Crippen LogP contribution in [0.15, 0.2) is 12.1 Å². The van der Waals surface area contributed by atoms with Crippen LogP contribution in [0.1, 0.15) is 71.7 Å². The van der Waals surface area contributed by atoms with Crippen LogP contribution in [0.4, 0.5) is 0 Å². The van der Waals surface area contributed by atoms with Crippen molar-refractivity contribution in [1.29, 1.82) is 0 Å². The Bertz CT molecular complexity index is 536. The minimum Gasteiger partial charge on any atom is -0.490 e. The Morgan fingerprint density at radius 3 is 1.62 bits per heavy atom. The molecule has 0 unspecified atom stereocenters. The molecule has 0 saturated carbocycles. The van der Waals surface area contributed by atoms with E-state index in [0.717, 1.165) is 12.8 Å². The van der Waals surface area contributed by atoms with E-state index in [4.69, 9.17) is 14.2 Å². The maximum Gasteiger partial charge on any atom is 0.254 e. The summed E-state index contributed by atoms with van der Waals surface area (Å²) >= 11 is 0. The van der Waals surface area contributed by atoms with Gasteiger partial charge in [-0.15, -0.1) is 0 Å². The van der Waals surface area contributed by atoms with Crippen molar-refractivity contribution in [3.05, 3.63) is 17.7 Å². The second kappa shape index (κ2) is 10.9. The van der Waals surface area contributed by atoms with Gasteiger partial charge in [0.15, 0.2) is 11.5 Å². The van der Waals surface area contributed by atoms with Crippen molar-refractivity contribution in [3.8, 4) is 17.2 Å². The normalized spacial score (nSPS) is 13.0. The maximum absolute atomic E-state index is 13.3. The molecule has 148 valence electrons. The fourth-order valence-corrected chi connectivity index (χ4v) is 2.89. The Hall–Kier alpha value is -1.91. The van der Waals surface area contributed by atoms with E-state index in [1.165, 1.54) is 0 Å². The van der Waals surface area contributed by atoms with Crippen molar-refractivity contribution in [1.82, 2.24) is 4.90 Å². The highest BCUT2D eigenvalue weighted by Gasteiger charge is 2.27. The van der Waals surface area contributed by atoms with Gasteiger partial charge in [0, 0.05) is 17.6 Å². The molecule has 5 heteroatoms. The molecule has 0 heterocycles. The highest BCUT2D eigenvalue weighted by atomic mass is 16.5. The second-order valence-corrected chi connectivity index (χ2v) is 6.33. The third kappa shape index (κ3) is 5.29. The Balaban J connectivity index is 3.42. The SMILES string of the molecule is CCOc1cc(C(=O)N([C@H](C)CC)[C@H](C)CC)cc(OCC)c1OCC. The van der Waals surface area contributed by atoms with Gasteiger partial charge < -0.3 is 19.1 Å². The van der Waals surface area contributed by atoms with Crippen molar-refractivity contribution in [2.45, 2.75) is 73.4 Å². The standard InChI is InChI=1S/C21H35NO4/c1-8-15(6)22(16(7)9-2)21(23)17-13-18(24-10-3)20(26-12-5)19(14-17)25-11-4/h13-16H,8-12H2,1-7H3/t15-,16-/m1/s1. The van der Waals surface area contributed by atoms with E-state index in [1.54, 1.807) is 12.1 Å². The molecular formula is C21H35NO4. The van der Waals surface area contributed by atoms with Crippen LogP contribution in [-0.2, 0) is 0 Å². The number of rotatable bonds is 11. The topological polar surface area (TPSA) is 48.0 Å². The Morgan fingerprint density at radius 1 is 0.846 bits per heavy atom. The average molecular weight is 366 g/mol. The first-order valence-corrected chi connectivity index (χ1v) is 9.83. The van der Waals surface area contributed by atoms with E-state index in [1.807, 2.05) is 25.7 Å². The molecule has 2 atom stereocenters. The molecule has 0 aliphatic carbocycles. The summed E-state index contributed by atoms with van der Waals surface area (Å²) in [5.74, 6) is 1.67. The van der Waals surface area contributed by atoms with Gasteiger partial charge in [-0.3, -0.25) is 4.79 Å². The van der Waals surface area contributed by atoms with E-state index in [9.17, 15) is 4.79 Å². The first-order chi connectivity index (χ1) is 12.4. The first kappa shape index (κ1) is 22.1. The van der Waals surface area contributed by atoms with Crippen LogP contribution in [0.2, 0.25) is 0 Å². The average Bonchev–Trinajstić information content (AvgIpc) is 2.64. The number of ether oxygens (including phenoxy) is 3. The van der Waals surface area contributed by atoms with Gasteiger partial charge in [0.1, 0.15) is 0 Å². The molecule has 0 aliphatic rings. The number of hydrogen-bond donors (Lipinski definition) is 0. The van der Waals surface area contributed by atoms with E-state index >= 15 is 0 Å². The lowest BCUT2D eigenvalue weighted by atomic mass is 10.1. The molecule has 0 fully saturated rings.